The van der Waals surface area contributed by atoms with Crippen molar-refractivity contribution in [2.75, 3.05) is 44.2 Å². The first-order valence-electron chi connectivity index (χ1n) is 13.9. The number of H-pyrrole nitrogens is 1. The SMILES string of the molecule is Cn1cnc(-c2ccc(C3=CCN(C(=O)CN4CC[C@]5(C#CCN(c6ccc7[nH]ncc7c6)C5=O)C4)CC3)cc2)n1. The molecule has 2 aromatic heterocycles. The smallest absolute Gasteiger partial charge is 0.247 e. The number of fused-ring (bicyclic) bond motifs is 1. The molecule has 41 heavy (non-hydrogen) atoms. The van der Waals surface area contributed by atoms with Gasteiger partial charge in [-0.2, -0.15) is 10.2 Å². The molecule has 3 aliphatic rings. The summed E-state index contributed by atoms with van der Waals surface area (Å²) in [6, 6.07) is 14.1. The summed E-state index contributed by atoms with van der Waals surface area (Å²) in [4.78, 5) is 37.0. The lowest BCUT2D eigenvalue weighted by molar-refractivity contribution is -0.132. The summed E-state index contributed by atoms with van der Waals surface area (Å²) in [6.07, 6.45) is 7.03. The van der Waals surface area contributed by atoms with Crippen molar-refractivity contribution in [1.82, 2.24) is 34.8 Å². The molecule has 1 N–H and O–H groups in total. The van der Waals surface area contributed by atoms with Gasteiger partial charge in [0.1, 0.15) is 11.7 Å². The third-order valence-electron chi connectivity index (χ3n) is 8.34. The quantitative estimate of drug-likeness (QED) is 0.386. The van der Waals surface area contributed by atoms with E-state index < -0.39 is 5.41 Å². The van der Waals surface area contributed by atoms with Crippen molar-refractivity contribution in [1.29, 1.82) is 0 Å². The lowest BCUT2D eigenvalue weighted by Crippen LogP contribution is -2.48. The molecule has 4 aromatic rings. The van der Waals surface area contributed by atoms with E-state index in [9.17, 15) is 9.59 Å². The van der Waals surface area contributed by atoms with Crippen LogP contribution in [0, 0.1) is 17.3 Å². The number of carbonyl (C=O) groups is 2. The molecule has 206 valence electrons. The number of rotatable bonds is 5. The van der Waals surface area contributed by atoms with Gasteiger partial charge in [-0.25, -0.2) is 4.98 Å². The molecule has 1 saturated heterocycles. The van der Waals surface area contributed by atoms with Crippen LogP contribution in [0.15, 0.2) is 61.1 Å². The summed E-state index contributed by atoms with van der Waals surface area (Å²) in [7, 11) is 1.86. The minimum atomic E-state index is -0.768. The van der Waals surface area contributed by atoms with Crippen molar-refractivity contribution in [3.8, 4) is 23.2 Å². The van der Waals surface area contributed by atoms with Gasteiger partial charge in [0, 0.05) is 49.9 Å². The van der Waals surface area contributed by atoms with Gasteiger partial charge in [0.25, 0.3) is 0 Å². The van der Waals surface area contributed by atoms with Crippen molar-refractivity contribution in [2.45, 2.75) is 12.8 Å². The zero-order valence-corrected chi connectivity index (χ0v) is 22.9. The molecular formula is C31H30N8O2. The van der Waals surface area contributed by atoms with Crippen LogP contribution in [0.1, 0.15) is 18.4 Å². The summed E-state index contributed by atoms with van der Waals surface area (Å²) in [5.41, 5.74) is 4.37. The summed E-state index contributed by atoms with van der Waals surface area (Å²) >= 11 is 0. The molecular weight excluding hydrogens is 516 g/mol. The summed E-state index contributed by atoms with van der Waals surface area (Å²) < 4.78 is 1.69. The number of carbonyl (C=O) groups excluding carboxylic acids is 2. The number of benzene rings is 2. The number of aromatic nitrogens is 5. The minimum absolute atomic E-state index is 0.0180. The molecule has 5 heterocycles. The van der Waals surface area contributed by atoms with Gasteiger partial charge in [-0.1, -0.05) is 42.2 Å². The highest BCUT2D eigenvalue weighted by atomic mass is 16.2. The number of anilines is 1. The molecule has 2 amide bonds. The Morgan fingerprint density at radius 2 is 1.98 bits per heavy atom. The molecule has 0 bridgehead atoms. The maximum absolute atomic E-state index is 13.7. The first kappa shape index (κ1) is 25.2. The van der Waals surface area contributed by atoms with Crippen LogP contribution < -0.4 is 4.90 Å². The molecule has 1 spiro atoms. The molecule has 2 aromatic carbocycles. The zero-order valence-electron chi connectivity index (χ0n) is 22.9. The Hall–Kier alpha value is -4.75. The largest absolute Gasteiger partial charge is 0.338 e. The molecule has 1 fully saturated rings. The number of hydrogen-bond acceptors (Lipinski definition) is 6. The first-order chi connectivity index (χ1) is 20.0. The lowest BCUT2D eigenvalue weighted by atomic mass is 9.84. The number of nitrogens with one attached hydrogen (secondary N) is 1. The van der Waals surface area contributed by atoms with E-state index in [4.69, 9.17) is 0 Å². The maximum Gasteiger partial charge on any atom is 0.247 e. The molecule has 1 atom stereocenters. The maximum atomic E-state index is 13.7. The fraction of sp³-hybridized carbons (Fsp3) is 0.323. The topological polar surface area (TPSA) is 103 Å². The van der Waals surface area contributed by atoms with Crippen molar-refractivity contribution in [2.24, 2.45) is 12.5 Å². The van der Waals surface area contributed by atoms with Gasteiger partial charge in [0.15, 0.2) is 5.82 Å². The number of likely N-dealkylation sites (tertiary alicyclic amines) is 1. The van der Waals surface area contributed by atoms with Crippen LogP contribution in [0.5, 0.6) is 0 Å². The third kappa shape index (κ3) is 4.68. The number of hydrogen-bond donors (Lipinski definition) is 1. The molecule has 10 heteroatoms. The predicted molar refractivity (Wildman–Crippen MR) is 155 cm³/mol. The highest BCUT2D eigenvalue weighted by molar-refractivity contribution is 6.03. The summed E-state index contributed by atoms with van der Waals surface area (Å²) in [5, 5.41) is 12.3. The van der Waals surface area contributed by atoms with E-state index in [1.165, 1.54) is 5.57 Å². The molecule has 10 nitrogen and oxygen atoms in total. The Labute approximate surface area is 237 Å². The Morgan fingerprint density at radius 3 is 2.76 bits per heavy atom. The minimum Gasteiger partial charge on any atom is -0.338 e. The Bertz CT molecular complexity index is 1740. The van der Waals surface area contributed by atoms with Crippen molar-refractivity contribution >= 4 is 34.0 Å². The van der Waals surface area contributed by atoms with Gasteiger partial charge in [-0.3, -0.25) is 29.2 Å². The molecule has 3 aliphatic heterocycles. The van der Waals surface area contributed by atoms with Gasteiger partial charge in [0.05, 0.1) is 24.8 Å². The number of amides is 2. The van der Waals surface area contributed by atoms with E-state index in [0.717, 1.165) is 34.1 Å². The van der Waals surface area contributed by atoms with E-state index >= 15 is 0 Å². The molecule has 0 radical (unpaired) electrons. The van der Waals surface area contributed by atoms with Crippen LogP contribution in [-0.4, -0.2) is 85.8 Å². The highest BCUT2D eigenvalue weighted by Crippen LogP contribution is 2.36. The molecule has 0 aliphatic carbocycles. The predicted octanol–water partition coefficient (Wildman–Crippen LogP) is 2.72. The zero-order chi connectivity index (χ0) is 28.0. The highest BCUT2D eigenvalue weighted by Gasteiger charge is 2.47. The fourth-order valence-corrected chi connectivity index (χ4v) is 6.03. The van der Waals surface area contributed by atoms with Gasteiger partial charge in [-0.15, -0.1) is 0 Å². The van der Waals surface area contributed by atoms with Crippen molar-refractivity contribution in [3.63, 3.8) is 0 Å². The van der Waals surface area contributed by atoms with Gasteiger partial charge in [-0.05, 0) is 42.2 Å². The summed E-state index contributed by atoms with van der Waals surface area (Å²) in [5.74, 6) is 7.28. The standard InChI is InChI=1S/C31H30N8O2/c1-36-21-32-29(35-36)24-5-3-22(4-6-24)23-9-14-38(15-10-23)28(40)19-37-16-12-31(20-37)11-2-13-39(30(31)41)26-7-8-27-25(17-26)18-33-34-27/h3-9,17-18,21H,10,12-16,19-20H2,1H3,(H,33,34)/t31-/m1/s1. The second-order valence-corrected chi connectivity index (χ2v) is 11.0. The van der Waals surface area contributed by atoms with E-state index in [1.54, 1.807) is 22.1 Å². The van der Waals surface area contributed by atoms with Gasteiger partial charge >= 0.3 is 0 Å². The molecule has 0 unspecified atom stereocenters. The monoisotopic (exact) mass is 546 g/mol. The number of aromatic amines is 1. The Morgan fingerprint density at radius 1 is 1.12 bits per heavy atom. The van der Waals surface area contributed by atoms with E-state index in [1.807, 2.05) is 42.3 Å². The van der Waals surface area contributed by atoms with E-state index in [2.05, 4.69) is 55.2 Å². The van der Waals surface area contributed by atoms with E-state index in [0.29, 0.717) is 51.5 Å². The van der Waals surface area contributed by atoms with Crippen LogP contribution in [0.4, 0.5) is 5.69 Å². The van der Waals surface area contributed by atoms with Crippen molar-refractivity contribution in [3.05, 3.63) is 66.6 Å². The third-order valence-corrected chi connectivity index (χ3v) is 8.34. The average molecular weight is 547 g/mol. The summed E-state index contributed by atoms with van der Waals surface area (Å²) in [6.45, 7) is 3.07. The Kier molecular flexibility index (Phi) is 6.16. The van der Waals surface area contributed by atoms with Crippen LogP contribution in [0.3, 0.4) is 0 Å². The van der Waals surface area contributed by atoms with Crippen LogP contribution in [-0.2, 0) is 16.6 Å². The fourth-order valence-electron chi connectivity index (χ4n) is 6.03. The first-order valence-corrected chi connectivity index (χ1v) is 13.9. The second kappa shape index (κ2) is 10.0. The lowest BCUT2D eigenvalue weighted by Gasteiger charge is -2.33. The van der Waals surface area contributed by atoms with Crippen LogP contribution in [0.25, 0.3) is 27.9 Å². The van der Waals surface area contributed by atoms with Crippen LogP contribution >= 0.6 is 0 Å². The van der Waals surface area contributed by atoms with Gasteiger partial charge < -0.3 is 4.90 Å². The number of nitrogens with zero attached hydrogens (tertiary/aromatic N) is 7. The second-order valence-electron chi connectivity index (χ2n) is 11.0. The number of aryl methyl sites for hydroxylation is 1. The average Bonchev–Trinajstić information content (AvgIpc) is 3.75. The molecule has 7 rings (SSSR count). The van der Waals surface area contributed by atoms with Gasteiger partial charge in [0.2, 0.25) is 11.8 Å². The molecule has 0 saturated carbocycles. The van der Waals surface area contributed by atoms with E-state index in [-0.39, 0.29) is 11.8 Å². The normalized spacial score (nSPS) is 20.9. The van der Waals surface area contributed by atoms with Crippen LogP contribution in [0.2, 0.25) is 0 Å². The van der Waals surface area contributed by atoms with Crippen molar-refractivity contribution < 1.29 is 9.59 Å². The Balaban J connectivity index is 0.970.